The van der Waals surface area contributed by atoms with E-state index in [4.69, 9.17) is 16.3 Å². The highest BCUT2D eigenvalue weighted by Gasteiger charge is 2.41. The number of anilines is 1. The molecule has 0 unspecified atom stereocenters. The number of nitrogens with zero attached hydrogens (tertiary/aromatic N) is 3. The number of amides is 4. The van der Waals surface area contributed by atoms with E-state index in [9.17, 15) is 14.4 Å². The number of imide groups is 2. The van der Waals surface area contributed by atoms with Crippen LogP contribution in [0.1, 0.15) is 22.5 Å². The van der Waals surface area contributed by atoms with Crippen molar-refractivity contribution in [2.75, 3.05) is 11.9 Å². The van der Waals surface area contributed by atoms with Gasteiger partial charge in [-0.3, -0.25) is 14.5 Å². The van der Waals surface area contributed by atoms with E-state index in [1.165, 1.54) is 7.05 Å². The van der Waals surface area contributed by atoms with Crippen molar-refractivity contribution in [2.24, 2.45) is 0 Å². The Morgan fingerprint density at radius 1 is 0.821 bits per heavy atom. The van der Waals surface area contributed by atoms with Crippen LogP contribution in [0.2, 0.25) is 5.02 Å². The van der Waals surface area contributed by atoms with E-state index in [0.29, 0.717) is 28.6 Å². The van der Waals surface area contributed by atoms with Crippen LogP contribution in [0.4, 0.5) is 10.5 Å². The predicted octanol–water partition coefficient (Wildman–Crippen LogP) is 6.34. The van der Waals surface area contributed by atoms with Crippen molar-refractivity contribution in [3.63, 3.8) is 0 Å². The quantitative estimate of drug-likeness (QED) is 0.212. The zero-order valence-corrected chi connectivity index (χ0v) is 22.5. The number of carbonyl (C=O) groups excluding carboxylic acids is 3. The molecule has 0 N–H and O–H groups in total. The molecule has 0 aliphatic carbocycles. The maximum Gasteiger partial charge on any atom is 0.338 e. The van der Waals surface area contributed by atoms with E-state index < -0.39 is 17.8 Å². The minimum atomic E-state index is -0.685. The third-order valence-corrected chi connectivity index (χ3v) is 7.05. The summed E-state index contributed by atoms with van der Waals surface area (Å²) in [5.41, 5.74) is 4.60. The van der Waals surface area contributed by atoms with Gasteiger partial charge in [0.05, 0.1) is 5.69 Å². The maximum absolute atomic E-state index is 13.4. The van der Waals surface area contributed by atoms with Crippen molar-refractivity contribution in [1.29, 1.82) is 0 Å². The summed E-state index contributed by atoms with van der Waals surface area (Å²) in [6.07, 6.45) is 1.56. The van der Waals surface area contributed by atoms with E-state index in [1.54, 1.807) is 36.4 Å². The fraction of sp³-hybridized carbons (Fsp3) is 0.129. The van der Waals surface area contributed by atoms with Gasteiger partial charge in [0.2, 0.25) is 0 Å². The van der Waals surface area contributed by atoms with Gasteiger partial charge in [0, 0.05) is 34.7 Å². The molecule has 196 valence electrons. The lowest BCUT2D eigenvalue weighted by Gasteiger charge is -2.31. The molecule has 0 bridgehead atoms. The molecule has 1 fully saturated rings. The summed E-state index contributed by atoms with van der Waals surface area (Å²) in [5.74, 6) is -0.586. The molecule has 39 heavy (non-hydrogen) atoms. The lowest BCUT2D eigenvalue weighted by atomic mass is 10.1. The van der Waals surface area contributed by atoms with E-state index in [2.05, 4.69) is 0 Å². The number of carbonyl (C=O) groups is 3. The Bertz CT molecular complexity index is 1610. The number of aromatic nitrogens is 1. The Labute approximate surface area is 231 Å². The number of barbiturate groups is 1. The van der Waals surface area contributed by atoms with Crippen molar-refractivity contribution < 1.29 is 19.1 Å². The van der Waals surface area contributed by atoms with Crippen LogP contribution in [-0.2, 0) is 16.2 Å². The molecule has 4 aromatic rings. The van der Waals surface area contributed by atoms with Crippen molar-refractivity contribution >= 4 is 41.2 Å². The number of para-hydroxylation sites is 1. The first kappa shape index (κ1) is 26.0. The molecule has 4 amide bonds. The third kappa shape index (κ3) is 4.96. The molecule has 3 aromatic carbocycles. The first-order chi connectivity index (χ1) is 18.8. The van der Waals surface area contributed by atoms with Crippen LogP contribution in [0.15, 0.2) is 90.5 Å². The van der Waals surface area contributed by atoms with Gasteiger partial charge in [0.25, 0.3) is 11.8 Å². The molecule has 0 radical (unpaired) electrons. The van der Waals surface area contributed by atoms with Crippen LogP contribution in [0.25, 0.3) is 11.8 Å². The molecule has 1 aliphatic rings. The molecule has 8 heteroatoms. The van der Waals surface area contributed by atoms with Crippen molar-refractivity contribution in [2.45, 2.75) is 20.5 Å². The molecular weight excluding hydrogens is 514 g/mol. The Balaban J connectivity index is 1.42. The number of likely N-dealkylation sites (N-methyl/N-ethyl adjacent to an activating group) is 1. The first-order valence-corrected chi connectivity index (χ1v) is 12.7. The molecular formula is C31H26ClN3O4. The molecule has 0 spiro atoms. The zero-order valence-electron chi connectivity index (χ0n) is 21.7. The highest BCUT2D eigenvalue weighted by Crippen LogP contribution is 2.29. The van der Waals surface area contributed by atoms with Gasteiger partial charge >= 0.3 is 6.03 Å². The molecule has 5 rings (SSSR count). The number of urea groups is 1. The van der Waals surface area contributed by atoms with Gasteiger partial charge in [-0.2, -0.15) is 0 Å². The summed E-state index contributed by atoms with van der Waals surface area (Å²) in [7, 11) is 1.37. The Hall–Kier alpha value is -4.62. The zero-order chi connectivity index (χ0) is 27.7. The number of rotatable bonds is 6. The molecule has 2 heterocycles. The van der Waals surface area contributed by atoms with Gasteiger partial charge < -0.3 is 9.30 Å². The van der Waals surface area contributed by atoms with Crippen LogP contribution in [0.5, 0.6) is 5.75 Å². The number of hydrogen-bond acceptors (Lipinski definition) is 4. The Morgan fingerprint density at radius 3 is 2.18 bits per heavy atom. The lowest BCUT2D eigenvalue weighted by molar-refractivity contribution is -0.128. The van der Waals surface area contributed by atoms with Crippen molar-refractivity contribution in [3.8, 4) is 11.4 Å². The summed E-state index contributed by atoms with van der Waals surface area (Å²) in [5, 5.41) is 0.659. The number of aryl methyl sites for hydroxylation is 1. The highest BCUT2D eigenvalue weighted by molar-refractivity contribution is 6.39. The van der Waals surface area contributed by atoms with Crippen molar-refractivity contribution in [1.82, 2.24) is 9.47 Å². The van der Waals surface area contributed by atoms with E-state index in [-0.39, 0.29) is 5.57 Å². The van der Waals surface area contributed by atoms with Crippen LogP contribution in [0, 0.1) is 13.8 Å². The van der Waals surface area contributed by atoms with Gasteiger partial charge in [-0.15, -0.1) is 0 Å². The van der Waals surface area contributed by atoms with E-state index in [1.807, 2.05) is 73.0 Å². The first-order valence-electron chi connectivity index (χ1n) is 12.3. The number of benzene rings is 3. The summed E-state index contributed by atoms with van der Waals surface area (Å²) < 4.78 is 7.94. The summed E-state index contributed by atoms with van der Waals surface area (Å²) >= 11 is 6.22. The van der Waals surface area contributed by atoms with Gasteiger partial charge in [-0.25, -0.2) is 9.69 Å². The molecule has 1 aromatic heterocycles. The second-order valence-corrected chi connectivity index (χ2v) is 9.62. The minimum Gasteiger partial charge on any atom is -0.489 e. The topological polar surface area (TPSA) is 71.9 Å². The normalized spacial score (nSPS) is 14.9. The largest absolute Gasteiger partial charge is 0.489 e. The van der Waals surface area contributed by atoms with Crippen LogP contribution >= 0.6 is 11.6 Å². The Morgan fingerprint density at radius 2 is 1.49 bits per heavy atom. The second kappa shape index (κ2) is 10.6. The Kier molecular flexibility index (Phi) is 7.09. The molecule has 7 nitrogen and oxygen atoms in total. The number of halogens is 1. The third-order valence-electron chi connectivity index (χ3n) is 6.68. The average Bonchev–Trinajstić information content (AvgIpc) is 3.22. The van der Waals surface area contributed by atoms with E-state index in [0.717, 1.165) is 32.4 Å². The molecule has 0 atom stereocenters. The van der Waals surface area contributed by atoms with Crippen LogP contribution in [-0.4, -0.2) is 34.4 Å². The lowest BCUT2D eigenvalue weighted by Crippen LogP contribution is -2.55. The summed E-state index contributed by atoms with van der Waals surface area (Å²) in [6, 6.07) is 25.0. The standard InChI is InChI=1S/C31H26ClN3O4/c1-20-17-23(18-27-29(36)33(3)31(38)35(30(27)37)24-10-5-4-6-11-24)21(2)34(20)25-13-15-26(16-14-25)39-19-22-9-7-8-12-28(22)32/h4-18H,19H2,1-3H3/b27-18+. The number of hydrogen-bond donors (Lipinski definition) is 0. The maximum atomic E-state index is 13.4. The summed E-state index contributed by atoms with van der Waals surface area (Å²) in [6.45, 7) is 4.23. The van der Waals surface area contributed by atoms with Crippen LogP contribution < -0.4 is 9.64 Å². The number of ether oxygens (including phenoxy) is 1. The van der Waals surface area contributed by atoms with Crippen LogP contribution in [0.3, 0.4) is 0 Å². The molecule has 1 aliphatic heterocycles. The van der Waals surface area contributed by atoms with E-state index >= 15 is 0 Å². The second-order valence-electron chi connectivity index (χ2n) is 9.22. The molecule has 0 saturated carbocycles. The fourth-order valence-corrected chi connectivity index (χ4v) is 4.79. The van der Waals surface area contributed by atoms with Gasteiger partial charge in [-0.1, -0.05) is 48.0 Å². The monoisotopic (exact) mass is 539 g/mol. The SMILES string of the molecule is Cc1cc(/C=C2\C(=O)N(C)C(=O)N(c3ccccc3)C2=O)c(C)n1-c1ccc(OCc2ccccc2Cl)cc1. The highest BCUT2D eigenvalue weighted by atomic mass is 35.5. The van der Waals surface area contributed by atoms with Gasteiger partial charge in [-0.05, 0) is 74.0 Å². The minimum absolute atomic E-state index is 0.0791. The predicted molar refractivity (Wildman–Crippen MR) is 151 cm³/mol. The van der Waals surface area contributed by atoms with Gasteiger partial charge in [0.1, 0.15) is 17.9 Å². The van der Waals surface area contributed by atoms with Crippen molar-refractivity contribution in [3.05, 3.63) is 118 Å². The fourth-order valence-electron chi connectivity index (χ4n) is 4.60. The van der Waals surface area contributed by atoms with Gasteiger partial charge in [0.15, 0.2) is 0 Å². The summed E-state index contributed by atoms with van der Waals surface area (Å²) in [4.78, 5) is 41.1. The molecule has 1 saturated heterocycles. The average molecular weight is 540 g/mol. The smallest absolute Gasteiger partial charge is 0.338 e.